The molecular formula is C24H27N3O3S. The molecule has 2 aromatic rings. The van der Waals surface area contributed by atoms with Gasteiger partial charge in [0.25, 0.3) is 5.91 Å². The van der Waals surface area contributed by atoms with Crippen molar-refractivity contribution in [2.45, 2.75) is 38.0 Å². The third-order valence-corrected chi connectivity index (χ3v) is 6.89. The van der Waals surface area contributed by atoms with Gasteiger partial charge < -0.3 is 15.1 Å². The number of carbonyl (C=O) groups is 3. The molecule has 1 N–H and O–H groups in total. The fourth-order valence-corrected chi connectivity index (χ4v) is 5.04. The Bertz CT molecular complexity index is 1010. The van der Waals surface area contributed by atoms with E-state index >= 15 is 0 Å². The molecule has 31 heavy (non-hydrogen) atoms. The molecular weight excluding hydrogens is 410 g/mol. The van der Waals surface area contributed by atoms with Crippen LogP contribution in [0.2, 0.25) is 0 Å². The molecule has 4 rings (SSSR count). The van der Waals surface area contributed by atoms with Gasteiger partial charge in [0.2, 0.25) is 11.8 Å². The highest BCUT2D eigenvalue weighted by Crippen LogP contribution is 2.36. The van der Waals surface area contributed by atoms with Gasteiger partial charge in [0.1, 0.15) is 6.54 Å². The number of thioether (sulfide) groups is 1. The first-order valence-electron chi connectivity index (χ1n) is 10.7. The van der Waals surface area contributed by atoms with Gasteiger partial charge in [0.15, 0.2) is 0 Å². The summed E-state index contributed by atoms with van der Waals surface area (Å²) in [6, 6.07) is 11.3. The lowest BCUT2D eigenvalue weighted by atomic mass is 10.1. The lowest BCUT2D eigenvalue weighted by Gasteiger charge is -2.30. The number of benzene rings is 2. The van der Waals surface area contributed by atoms with Gasteiger partial charge in [-0.15, -0.1) is 11.8 Å². The van der Waals surface area contributed by atoms with E-state index in [0.717, 1.165) is 54.1 Å². The molecule has 7 heteroatoms. The van der Waals surface area contributed by atoms with Crippen LogP contribution in [-0.2, 0) is 9.59 Å². The maximum Gasteiger partial charge on any atom is 0.253 e. The van der Waals surface area contributed by atoms with Crippen LogP contribution in [0.15, 0.2) is 41.3 Å². The summed E-state index contributed by atoms with van der Waals surface area (Å²) < 4.78 is 0. The van der Waals surface area contributed by atoms with Crippen LogP contribution in [-0.4, -0.2) is 48.0 Å². The van der Waals surface area contributed by atoms with E-state index in [0.29, 0.717) is 11.3 Å². The van der Waals surface area contributed by atoms with E-state index < -0.39 is 0 Å². The highest BCUT2D eigenvalue weighted by molar-refractivity contribution is 8.00. The minimum absolute atomic E-state index is 0.00883. The average Bonchev–Trinajstić information content (AvgIpc) is 2.78. The predicted octanol–water partition coefficient (Wildman–Crippen LogP) is 4.01. The van der Waals surface area contributed by atoms with Gasteiger partial charge in [-0.1, -0.05) is 18.2 Å². The van der Waals surface area contributed by atoms with Crippen molar-refractivity contribution in [1.29, 1.82) is 0 Å². The molecule has 0 aliphatic carbocycles. The number of anilines is 2. The zero-order chi connectivity index (χ0) is 22.0. The Morgan fingerprint density at radius 1 is 1.03 bits per heavy atom. The van der Waals surface area contributed by atoms with Crippen molar-refractivity contribution in [2.75, 3.05) is 35.6 Å². The number of likely N-dealkylation sites (tertiary alicyclic amines) is 1. The molecule has 2 aliphatic heterocycles. The Labute approximate surface area is 187 Å². The first kappa shape index (κ1) is 21.4. The molecule has 0 saturated carbocycles. The number of rotatable bonds is 4. The Balaban J connectivity index is 1.56. The third kappa shape index (κ3) is 4.61. The standard InChI is InChI=1S/C24H27N3O3S/c1-16-7-6-8-17(2)23(16)25-21(28)14-27-19-13-18(9-10-20(19)31-15-22(27)29)24(30)26-11-4-3-5-12-26/h6-10,13H,3-5,11-12,14-15H2,1-2H3,(H,25,28). The zero-order valence-corrected chi connectivity index (χ0v) is 18.8. The Kier molecular flexibility index (Phi) is 6.32. The number of piperidine rings is 1. The number of hydrogen-bond acceptors (Lipinski definition) is 4. The highest BCUT2D eigenvalue weighted by atomic mass is 32.2. The Hall–Kier alpha value is -2.80. The molecule has 6 nitrogen and oxygen atoms in total. The number of para-hydroxylation sites is 1. The second kappa shape index (κ2) is 9.14. The van der Waals surface area contributed by atoms with E-state index in [-0.39, 0.29) is 30.0 Å². The van der Waals surface area contributed by atoms with Crippen molar-refractivity contribution in [1.82, 2.24) is 4.90 Å². The minimum atomic E-state index is -0.253. The largest absolute Gasteiger partial charge is 0.339 e. The summed E-state index contributed by atoms with van der Waals surface area (Å²) in [5.74, 6) is -0.109. The fraction of sp³-hybridized carbons (Fsp3) is 0.375. The van der Waals surface area contributed by atoms with Crippen LogP contribution in [0.25, 0.3) is 0 Å². The van der Waals surface area contributed by atoms with Crippen LogP contribution >= 0.6 is 11.8 Å². The Morgan fingerprint density at radius 3 is 2.45 bits per heavy atom. The summed E-state index contributed by atoms with van der Waals surface area (Å²) in [6.45, 7) is 5.34. The van der Waals surface area contributed by atoms with E-state index in [4.69, 9.17) is 0 Å². The molecule has 0 bridgehead atoms. The average molecular weight is 438 g/mol. The van der Waals surface area contributed by atoms with Crippen molar-refractivity contribution in [3.8, 4) is 0 Å². The Morgan fingerprint density at radius 2 is 1.74 bits per heavy atom. The summed E-state index contributed by atoms with van der Waals surface area (Å²) in [4.78, 5) is 42.7. The molecule has 0 unspecified atom stereocenters. The molecule has 0 atom stereocenters. The van der Waals surface area contributed by atoms with Gasteiger partial charge in [0.05, 0.1) is 11.4 Å². The quantitative estimate of drug-likeness (QED) is 0.785. The van der Waals surface area contributed by atoms with E-state index in [1.54, 1.807) is 6.07 Å². The minimum Gasteiger partial charge on any atom is -0.339 e. The van der Waals surface area contributed by atoms with E-state index in [9.17, 15) is 14.4 Å². The van der Waals surface area contributed by atoms with Crippen LogP contribution in [0.1, 0.15) is 40.7 Å². The molecule has 1 fully saturated rings. The van der Waals surface area contributed by atoms with Gasteiger partial charge in [-0.3, -0.25) is 14.4 Å². The number of aryl methyl sites for hydroxylation is 2. The predicted molar refractivity (Wildman–Crippen MR) is 124 cm³/mol. The first-order chi connectivity index (χ1) is 14.9. The van der Waals surface area contributed by atoms with E-state index in [1.165, 1.54) is 16.7 Å². The summed E-state index contributed by atoms with van der Waals surface area (Å²) in [6.07, 6.45) is 3.20. The van der Waals surface area contributed by atoms with Crippen molar-refractivity contribution in [3.63, 3.8) is 0 Å². The molecule has 0 aromatic heterocycles. The van der Waals surface area contributed by atoms with Crippen LogP contribution < -0.4 is 10.2 Å². The van der Waals surface area contributed by atoms with E-state index in [1.807, 2.05) is 49.1 Å². The summed E-state index contributed by atoms with van der Waals surface area (Å²) in [5, 5.41) is 2.95. The van der Waals surface area contributed by atoms with Gasteiger partial charge in [-0.25, -0.2) is 0 Å². The molecule has 1 saturated heterocycles. The number of carbonyl (C=O) groups excluding carboxylic acids is 3. The molecule has 162 valence electrons. The maximum atomic E-state index is 12.9. The van der Waals surface area contributed by atoms with E-state index in [2.05, 4.69) is 5.32 Å². The number of amides is 3. The van der Waals surface area contributed by atoms with Gasteiger partial charge in [0, 0.05) is 29.2 Å². The van der Waals surface area contributed by atoms with Crippen molar-refractivity contribution in [3.05, 3.63) is 53.1 Å². The highest BCUT2D eigenvalue weighted by Gasteiger charge is 2.28. The molecule has 2 aliphatic rings. The molecule has 2 heterocycles. The molecule has 0 radical (unpaired) electrons. The van der Waals surface area contributed by atoms with Crippen LogP contribution in [0, 0.1) is 13.8 Å². The lowest BCUT2D eigenvalue weighted by Crippen LogP contribution is -2.41. The summed E-state index contributed by atoms with van der Waals surface area (Å²) in [5.41, 5.74) is 3.94. The van der Waals surface area contributed by atoms with Crippen LogP contribution in [0.4, 0.5) is 11.4 Å². The smallest absolute Gasteiger partial charge is 0.253 e. The van der Waals surface area contributed by atoms with Crippen molar-refractivity contribution in [2.24, 2.45) is 0 Å². The summed E-state index contributed by atoms with van der Waals surface area (Å²) >= 11 is 1.44. The normalized spacial score (nSPS) is 16.1. The van der Waals surface area contributed by atoms with Crippen LogP contribution in [0.5, 0.6) is 0 Å². The van der Waals surface area contributed by atoms with Crippen molar-refractivity contribution >= 4 is 40.9 Å². The molecule has 2 aromatic carbocycles. The third-order valence-electron chi connectivity index (χ3n) is 5.84. The van der Waals surface area contributed by atoms with Crippen molar-refractivity contribution < 1.29 is 14.4 Å². The van der Waals surface area contributed by atoms with Crippen LogP contribution in [0.3, 0.4) is 0 Å². The molecule has 0 spiro atoms. The maximum absolute atomic E-state index is 12.9. The number of fused-ring (bicyclic) bond motifs is 1. The van der Waals surface area contributed by atoms with Gasteiger partial charge in [-0.2, -0.15) is 0 Å². The topological polar surface area (TPSA) is 69.7 Å². The van der Waals surface area contributed by atoms with Gasteiger partial charge in [-0.05, 0) is 62.4 Å². The summed E-state index contributed by atoms with van der Waals surface area (Å²) in [7, 11) is 0. The zero-order valence-electron chi connectivity index (χ0n) is 17.9. The fourth-order valence-electron chi connectivity index (χ4n) is 4.12. The number of hydrogen-bond donors (Lipinski definition) is 1. The second-order valence-electron chi connectivity index (χ2n) is 8.12. The first-order valence-corrected chi connectivity index (χ1v) is 11.6. The second-order valence-corrected chi connectivity index (χ2v) is 9.14. The number of nitrogens with one attached hydrogen (secondary N) is 1. The molecule has 3 amide bonds. The SMILES string of the molecule is Cc1cccc(C)c1NC(=O)CN1C(=O)CSc2ccc(C(=O)N3CCCCC3)cc21. The number of nitrogens with zero attached hydrogens (tertiary/aromatic N) is 2. The monoisotopic (exact) mass is 437 g/mol. The lowest BCUT2D eigenvalue weighted by molar-refractivity contribution is -0.120. The van der Waals surface area contributed by atoms with Gasteiger partial charge >= 0.3 is 0 Å².